The molecule has 1 N–H and O–H groups in total. The lowest BCUT2D eigenvalue weighted by Crippen LogP contribution is -2.42. The highest BCUT2D eigenvalue weighted by Crippen LogP contribution is 2.27. The van der Waals surface area contributed by atoms with Gasteiger partial charge in [-0.15, -0.1) is 5.10 Å². The summed E-state index contributed by atoms with van der Waals surface area (Å²) < 4.78 is 38.9. The number of benzene rings is 2. The lowest BCUT2D eigenvalue weighted by molar-refractivity contribution is 0.102. The fourth-order valence-corrected chi connectivity index (χ4v) is 6.00. The van der Waals surface area contributed by atoms with Crippen LogP contribution in [0.1, 0.15) is 50.4 Å². The van der Waals surface area contributed by atoms with E-state index < -0.39 is 15.9 Å². The molecule has 36 heavy (non-hydrogen) atoms. The summed E-state index contributed by atoms with van der Waals surface area (Å²) in [4.78, 5) is 12.8. The molecule has 2 atom stereocenters. The molecule has 2 heterocycles. The number of amides is 1. The van der Waals surface area contributed by atoms with Crippen LogP contribution >= 0.6 is 0 Å². The first-order valence-corrected chi connectivity index (χ1v) is 13.7. The average molecular weight is 513 g/mol. The molecule has 0 aliphatic carbocycles. The third-order valence-corrected chi connectivity index (χ3v) is 7.95. The molecule has 0 unspecified atom stereocenters. The number of nitrogens with one attached hydrogen (secondary N) is 1. The Morgan fingerprint density at radius 1 is 1.06 bits per heavy atom. The van der Waals surface area contributed by atoms with Crippen molar-refractivity contribution in [2.75, 3.05) is 25.0 Å². The van der Waals surface area contributed by atoms with Gasteiger partial charge in [0.25, 0.3) is 5.91 Å². The van der Waals surface area contributed by atoms with Gasteiger partial charge in [-0.2, -0.15) is 4.31 Å². The Morgan fingerprint density at radius 3 is 2.36 bits per heavy atom. The summed E-state index contributed by atoms with van der Waals surface area (Å²) in [6.45, 7) is 7.90. The largest absolute Gasteiger partial charge is 0.494 e. The van der Waals surface area contributed by atoms with Crippen LogP contribution in [0, 0.1) is 11.8 Å². The minimum Gasteiger partial charge on any atom is -0.494 e. The Kier molecular flexibility index (Phi) is 8.05. The number of rotatable bonds is 9. The summed E-state index contributed by atoms with van der Waals surface area (Å²) in [6.07, 6.45) is 3.07. The zero-order chi connectivity index (χ0) is 25.7. The molecule has 1 aliphatic rings. The average Bonchev–Trinajstić information content (AvgIpc) is 3.32. The third kappa shape index (κ3) is 6.11. The van der Waals surface area contributed by atoms with Gasteiger partial charge < -0.3 is 9.15 Å². The van der Waals surface area contributed by atoms with Crippen molar-refractivity contribution in [1.82, 2.24) is 14.5 Å². The second-order valence-corrected chi connectivity index (χ2v) is 11.3. The second kappa shape index (κ2) is 11.2. The van der Waals surface area contributed by atoms with E-state index >= 15 is 0 Å². The second-order valence-electron chi connectivity index (χ2n) is 9.39. The smallest absolute Gasteiger partial charge is 0.322 e. The highest BCUT2D eigenvalue weighted by atomic mass is 32.2. The number of ether oxygens (including phenoxy) is 1. The van der Waals surface area contributed by atoms with Crippen molar-refractivity contribution in [3.05, 3.63) is 54.1 Å². The van der Waals surface area contributed by atoms with Gasteiger partial charge in [-0.25, -0.2) is 8.42 Å². The SMILES string of the molecule is CCCCOc1ccc(-c2nnc(NC(=O)c3ccc(S(=O)(=O)N4C[C@H](C)C[C@H](C)C4)cc3)o2)cc1. The lowest BCUT2D eigenvalue weighted by atomic mass is 9.94. The summed E-state index contributed by atoms with van der Waals surface area (Å²) in [5.74, 6) is 1.16. The van der Waals surface area contributed by atoms with Crippen molar-refractivity contribution >= 4 is 21.9 Å². The third-order valence-electron chi connectivity index (χ3n) is 6.10. The zero-order valence-electron chi connectivity index (χ0n) is 20.8. The highest BCUT2D eigenvalue weighted by Gasteiger charge is 2.31. The molecule has 3 aromatic rings. The number of aromatic nitrogens is 2. The van der Waals surface area contributed by atoms with Gasteiger partial charge in [-0.1, -0.05) is 32.3 Å². The van der Waals surface area contributed by atoms with Crippen LogP contribution in [-0.4, -0.2) is 48.5 Å². The monoisotopic (exact) mass is 512 g/mol. The molecule has 192 valence electrons. The molecule has 1 aliphatic heterocycles. The number of hydrogen-bond donors (Lipinski definition) is 1. The number of hydrogen-bond acceptors (Lipinski definition) is 7. The van der Waals surface area contributed by atoms with Crippen LogP contribution < -0.4 is 10.1 Å². The highest BCUT2D eigenvalue weighted by molar-refractivity contribution is 7.89. The van der Waals surface area contributed by atoms with Gasteiger partial charge in [-0.3, -0.25) is 10.1 Å². The molecular formula is C26H32N4O5S. The molecule has 2 aromatic carbocycles. The Balaban J connectivity index is 1.38. The van der Waals surface area contributed by atoms with Crippen LogP contribution in [0.15, 0.2) is 57.8 Å². The number of unbranched alkanes of at least 4 members (excludes halogenated alkanes) is 1. The minimum atomic E-state index is -3.61. The predicted octanol–water partition coefficient (Wildman–Crippen LogP) is 4.83. The normalized spacial score (nSPS) is 18.6. The van der Waals surface area contributed by atoms with Crippen LogP contribution in [0.2, 0.25) is 0 Å². The predicted molar refractivity (Wildman–Crippen MR) is 136 cm³/mol. The molecular weight excluding hydrogens is 480 g/mol. The van der Waals surface area contributed by atoms with Gasteiger partial charge in [-0.05, 0) is 73.2 Å². The zero-order valence-corrected chi connectivity index (χ0v) is 21.6. The van der Waals surface area contributed by atoms with Gasteiger partial charge in [0.1, 0.15) is 5.75 Å². The van der Waals surface area contributed by atoms with E-state index in [2.05, 4.69) is 36.3 Å². The fraction of sp³-hybridized carbons (Fsp3) is 0.423. The number of sulfonamides is 1. The van der Waals surface area contributed by atoms with Crippen molar-refractivity contribution in [2.45, 2.75) is 44.9 Å². The van der Waals surface area contributed by atoms with Gasteiger partial charge >= 0.3 is 6.01 Å². The van der Waals surface area contributed by atoms with E-state index in [1.807, 2.05) is 24.3 Å². The number of piperidine rings is 1. The first kappa shape index (κ1) is 25.8. The maximum absolute atomic E-state index is 13.1. The summed E-state index contributed by atoms with van der Waals surface area (Å²) in [6, 6.07) is 13.1. The standard InChI is InChI=1S/C26H32N4O5S/c1-4-5-14-34-22-10-6-21(7-11-22)25-28-29-26(35-25)27-24(31)20-8-12-23(13-9-20)36(32,33)30-16-18(2)15-19(3)17-30/h6-13,18-19H,4-5,14-17H2,1-3H3,(H,27,29,31)/t18-,19+. The van der Waals surface area contributed by atoms with Crippen LogP contribution in [0.5, 0.6) is 5.75 Å². The van der Waals surface area contributed by atoms with Gasteiger partial charge in [0.15, 0.2) is 0 Å². The molecule has 4 rings (SSSR count). The summed E-state index contributed by atoms with van der Waals surface area (Å²) >= 11 is 0. The van der Waals surface area contributed by atoms with E-state index in [4.69, 9.17) is 9.15 Å². The van der Waals surface area contributed by atoms with Gasteiger partial charge in [0.2, 0.25) is 15.9 Å². The molecule has 1 fully saturated rings. The van der Waals surface area contributed by atoms with Gasteiger partial charge in [0.05, 0.1) is 11.5 Å². The number of carbonyl (C=O) groups is 1. The van der Waals surface area contributed by atoms with Crippen molar-refractivity contribution in [3.63, 3.8) is 0 Å². The first-order chi connectivity index (χ1) is 17.3. The van der Waals surface area contributed by atoms with Crippen molar-refractivity contribution in [3.8, 4) is 17.2 Å². The molecule has 0 bridgehead atoms. The molecule has 1 aromatic heterocycles. The molecule has 0 saturated carbocycles. The van der Waals surface area contributed by atoms with Crippen LogP contribution in [0.3, 0.4) is 0 Å². The first-order valence-electron chi connectivity index (χ1n) is 12.2. The Morgan fingerprint density at radius 2 is 1.72 bits per heavy atom. The van der Waals surface area contributed by atoms with Gasteiger partial charge in [0, 0.05) is 24.2 Å². The molecule has 9 nitrogen and oxygen atoms in total. The van der Waals surface area contributed by atoms with E-state index in [9.17, 15) is 13.2 Å². The molecule has 0 spiro atoms. The number of nitrogens with zero attached hydrogens (tertiary/aromatic N) is 3. The lowest BCUT2D eigenvalue weighted by Gasteiger charge is -2.34. The quantitative estimate of drug-likeness (QED) is 0.408. The Hall–Kier alpha value is -3.24. The van der Waals surface area contributed by atoms with Crippen LogP contribution in [0.25, 0.3) is 11.5 Å². The van der Waals surface area contributed by atoms with Crippen molar-refractivity contribution in [2.24, 2.45) is 11.8 Å². The fourth-order valence-electron chi connectivity index (χ4n) is 4.32. The molecule has 1 saturated heterocycles. The summed E-state index contributed by atoms with van der Waals surface area (Å²) in [5.41, 5.74) is 0.976. The Bertz CT molecular complexity index is 1260. The summed E-state index contributed by atoms with van der Waals surface area (Å²) in [5, 5.41) is 10.4. The summed E-state index contributed by atoms with van der Waals surface area (Å²) in [7, 11) is -3.61. The topological polar surface area (TPSA) is 115 Å². The van der Waals surface area contributed by atoms with Crippen molar-refractivity contribution < 1.29 is 22.4 Å². The van der Waals surface area contributed by atoms with Crippen molar-refractivity contribution in [1.29, 1.82) is 0 Å². The van der Waals surface area contributed by atoms with E-state index in [1.165, 1.54) is 28.6 Å². The number of anilines is 1. The number of carbonyl (C=O) groups excluding carboxylic acids is 1. The van der Waals surface area contributed by atoms with Crippen LogP contribution in [-0.2, 0) is 10.0 Å². The van der Waals surface area contributed by atoms with E-state index in [0.29, 0.717) is 37.1 Å². The minimum absolute atomic E-state index is 0.0498. The maximum Gasteiger partial charge on any atom is 0.322 e. The molecule has 10 heteroatoms. The van der Waals surface area contributed by atoms with Crippen LogP contribution in [0.4, 0.5) is 6.01 Å². The Labute approximate surface area is 211 Å². The molecule has 0 radical (unpaired) electrons. The van der Waals surface area contributed by atoms with E-state index in [1.54, 1.807) is 0 Å². The van der Waals surface area contributed by atoms with E-state index in [-0.39, 0.29) is 22.4 Å². The maximum atomic E-state index is 13.1. The van der Waals surface area contributed by atoms with E-state index in [0.717, 1.165) is 25.0 Å². The molecule has 1 amide bonds.